The number of hydrogen-bond donors (Lipinski definition) is 2. The maximum absolute atomic E-state index is 13.2. The second-order valence-corrected chi connectivity index (χ2v) is 5.31. The van der Waals surface area contributed by atoms with Crippen LogP contribution in [-0.4, -0.2) is 38.6 Å². The van der Waals surface area contributed by atoms with E-state index in [9.17, 15) is 9.18 Å². The summed E-state index contributed by atoms with van der Waals surface area (Å²) in [5.41, 5.74) is 1.99. The summed E-state index contributed by atoms with van der Waals surface area (Å²) in [5, 5.41) is 5.88. The van der Waals surface area contributed by atoms with Gasteiger partial charge in [-0.2, -0.15) is 0 Å². The van der Waals surface area contributed by atoms with Crippen LogP contribution in [0.15, 0.2) is 18.2 Å². The van der Waals surface area contributed by atoms with Crippen molar-refractivity contribution in [2.24, 2.45) is 0 Å². The highest BCUT2D eigenvalue weighted by Gasteiger charge is 2.22. The number of nitrogens with zero attached hydrogens (tertiary/aromatic N) is 1. The summed E-state index contributed by atoms with van der Waals surface area (Å²) in [7, 11) is 1.76. The number of amides is 1. The second-order valence-electron chi connectivity index (χ2n) is 5.31. The lowest BCUT2D eigenvalue weighted by Crippen LogP contribution is -2.49. The molecule has 0 bridgehead atoms. The van der Waals surface area contributed by atoms with Gasteiger partial charge in [0.1, 0.15) is 5.82 Å². The normalized spacial score (nSPS) is 18.0. The number of carbonyl (C=O) groups is 1. The number of halogens is 2. The fraction of sp³-hybridized carbons (Fsp3) is 0.533. The van der Waals surface area contributed by atoms with Gasteiger partial charge in [-0.1, -0.05) is 0 Å². The van der Waals surface area contributed by atoms with Crippen LogP contribution in [0.25, 0.3) is 0 Å². The predicted octanol–water partition coefficient (Wildman–Crippen LogP) is 1.86. The Labute approximate surface area is 131 Å². The molecule has 4 nitrogen and oxygen atoms in total. The van der Waals surface area contributed by atoms with Crippen LogP contribution in [0, 0.1) is 12.7 Å². The molecule has 1 heterocycles. The lowest BCUT2D eigenvalue weighted by atomic mass is 10.0. The Balaban J connectivity index is 0.00000220. The van der Waals surface area contributed by atoms with Gasteiger partial charge in [-0.15, -0.1) is 12.4 Å². The molecular formula is C15H23ClFN3O. The third-order valence-corrected chi connectivity index (χ3v) is 3.62. The van der Waals surface area contributed by atoms with Gasteiger partial charge >= 0.3 is 0 Å². The molecule has 0 saturated carbocycles. The average Bonchev–Trinajstić information content (AvgIpc) is 2.39. The maximum Gasteiger partial charge on any atom is 0.234 e. The van der Waals surface area contributed by atoms with Crippen LogP contribution in [0.4, 0.5) is 10.1 Å². The van der Waals surface area contributed by atoms with Gasteiger partial charge in [0.2, 0.25) is 5.91 Å². The second kappa shape index (κ2) is 8.20. The molecular weight excluding hydrogens is 293 g/mol. The van der Waals surface area contributed by atoms with Crippen LogP contribution in [-0.2, 0) is 4.79 Å². The summed E-state index contributed by atoms with van der Waals surface area (Å²) in [6, 6.07) is 5.03. The minimum atomic E-state index is -0.206. The molecule has 0 aliphatic carbocycles. The zero-order chi connectivity index (χ0) is 14.5. The molecule has 2 N–H and O–H groups in total. The molecule has 1 fully saturated rings. The summed E-state index contributed by atoms with van der Waals surface area (Å²) in [5.74, 6) is -0.183. The molecule has 1 aromatic rings. The van der Waals surface area contributed by atoms with Crippen molar-refractivity contribution in [3.05, 3.63) is 29.6 Å². The first-order valence-corrected chi connectivity index (χ1v) is 7.05. The van der Waals surface area contributed by atoms with Crippen molar-refractivity contribution in [3.8, 4) is 0 Å². The van der Waals surface area contributed by atoms with Crippen molar-refractivity contribution < 1.29 is 9.18 Å². The van der Waals surface area contributed by atoms with Crippen LogP contribution in [0.5, 0.6) is 0 Å². The standard InChI is InChI=1S/C15H22FN3O.ClH/c1-11-8-12(16)5-6-14(11)19-7-3-4-13(10-19)18-15(20)9-17-2;/h5-6,8,13,17H,3-4,7,9-10H2,1-2H3,(H,18,20);1H. The average molecular weight is 316 g/mol. The van der Waals surface area contributed by atoms with Crippen molar-refractivity contribution in [2.75, 3.05) is 31.6 Å². The molecule has 0 radical (unpaired) electrons. The summed E-state index contributed by atoms with van der Waals surface area (Å²) in [6.07, 6.45) is 2.02. The van der Waals surface area contributed by atoms with E-state index >= 15 is 0 Å². The number of likely N-dealkylation sites (N-methyl/N-ethyl adjacent to an activating group) is 1. The summed E-state index contributed by atoms with van der Waals surface area (Å²) in [6.45, 7) is 3.99. The van der Waals surface area contributed by atoms with E-state index in [2.05, 4.69) is 15.5 Å². The molecule has 0 aromatic heterocycles. The Morgan fingerprint density at radius 3 is 2.90 bits per heavy atom. The Kier molecular flexibility index (Phi) is 6.92. The van der Waals surface area contributed by atoms with Crippen LogP contribution in [0.1, 0.15) is 18.4 Å². The SMILES string of the molecule is CNCC(=O)NC1CCCN(c2ccc(F)cc2C)C1.Cl. The maximum atomic E-state index is 13.2. The van der Waals surface area contributed by atoms with E-state index in [1.54, 1.807) is 13.1 Å². The molecule has 118 valence electrons. The fourth-order valence-corrected chi connectivity index (χ4v) is 2.73. The minimum absolute atomic E-state index is 0. The number of aryl methyl sites for hydroxylation is 1. The number of rotatable bonds is 4. The number of carbonyl (C=O) groups excluding carboxylic acids is 1. The van der Waals surface area contributed by atoms with Crippen LogP contribution < -0.4 is 15.5 Å². The van der Waals surface area contributed by atoms with Gasteiger partial charge < -0.3 is 15.5 Å². The third kappa shape index (κ3) is 4.86. The molecule has 2 rings (SSSR count). The van der Waals surface area contributed by atoms with Crippen molar-refractivity contribution >= 4 is 24.0 Å². The zero-order valence-corrected chi connectivity index (χ0v) is 13.3. The zero-order valence-electron chi connectivity index (χ0n) is 12.5. The lowest BCUT2D eigenvalue weighted by Gasteiger charge is -2.35. The highest BCUT2D eigenvalue weighted by molar-refractivity contribution is 5.85. The van der Waals surface area contributed by atoms with Gasteiger partial charge in [0.15, 0.2) is 0 Å². The van der Waals surface area contributed by atoms with E-state index in [0.29, 0.717) is 6.54 Å². The molecule has 1 unspecified atom stereocenters. The quantitative estimate of drug-likeness (QED) is 0.891. The van der Waals surface area contributed by atoms with Gasteiger partial charge in [-0.25, -0.2) is 4.39 Å². The monoisotopic (exact) mass is 315 g/mol. The Morgan fingerprint density at radius 1 is 1.48 bits per heavy atom. The Hall–Kier alpha value is -1.33. The number of anilines is 1. The molecule has 1 saturated heterocycles. The Morgan fingerprint density at radius 2 is 2.24 bits per heavy atom. The van der Waals surface area contributed by atoms with Gasteiger partial charge in [-0.05, 0) is 50.6 Å². The minimum Gasteiger partial charge on any atom is -0.369 e. The topological polar surface area (TPSA) is 44.4 Å². The summed E-state index contributed by atoms with van der Waals surface area (Å²) < 4.78 is 13.2. The molecule has 1 aliphatic rings. The third-order valence-electron chi connectivity index (χ3n) is 3.62. The van der Waals surface area contributed by atoms with E-state index in [1.165, 1.54) is 6.07 Å². The fourth-order valence-electron chi connectivity index (χ4n) is 2.73. The number of nitrogens with one attached hydrogen (secondary N) is 2. The largest absolute Gasteiger partial charge is 0.369 e. The smallest absolute Gasteiger partial charge is 0.234 e. The summed E-state index contributed by atoms with van der Waals surface area (Å²) >= 11 is 0. The van der Waals surface area contributed by atoms with Crippen molar-refractivity contribution in [3.63, 3.8) is 0 Å². The van der Waals surface area contributed by atoms with Gasteiger partial charge in [0, 0.05) is 24.8 Å². The summed E-state index contributed by atoms with van der Waals surface area (Å²) in [4.78, 5) is 13.8. The lowest BCUT2D eigenvalue weighted by molar-refractivity contribution is -0.120. The van der Waals surface area contributed by atoms with E-state index < -0.39 is 0 Å². The molecule has 1 amide bonds. The Bertz CT molecular complexity index is 484. The predicted molar refractivity (Wildman–Crippen MR) is 85.7 cm³/mol. The molecule has 6 heteroatoms. The molecule has 1 aromatic carbocycles. The van der Waals surface area contributed by atoms with E-state index in [-0.39, 0.29) is 30.2 Å². The van der Waals surface area contributed by atoms with Gasteiger partial charge in [0.25, 0.3) is 0 Å². The van der Waals surface area contributed by atoms with Crippen LogP contribution in [0.3, 0.4) is 0 Å². The molecule has 1 aliphatic heterocycles. The van der Waals surface area contributed by atoms with Crippen LogP contribution >= 0.6 is 12.4 Å². The number of hydrogen-bond acceptors (Lipinski definition) is 3. The van der Waals surface area contributed by atoms with Crippen molar-refractivity contribution in [1.29, 1.82) is 0 Å². The first-order chi connectivity index (χ1) is 9.60. The number of benzene rings is 1. The molecule has 21 heavy (non-hydrogen) atoms. The number of piperidine rings is 1. The van der Waals surface area contributed by atoms with Crippen molar-refractivity contribution in [1.82, 2.24) is 10.6 Å². The van der Waals surface area contributed by atoms with Crippen molar-refractivity contribution in [2.45, 2.75) is 25.8 Å². The van der Waals surface area contributed by atoms with E-state index in [0.717, 1.165) is 37.2 Å². The molecule has 0 spiro atoms. The highest BCUT2D eigenvalue weighted by Crippen LogP contribution is 2.24. The van der Waals surface area contributed by atoms with Gasteiger partial charge in [0.05, 0.1) is 6.54 Å². The molecule has 1 atom stereocenters. The van der Waals surface area contributed by atoms with Crippen LogP contribution in [0.2, 0.25) is 0 Å². The first-order valence-electron chi connectivity index (χ1n) is 7.05. The highest BCUT2D eigenvalue weighted by atomic mass is 35.5. The first kappa shape index (κ1) is 17.7. The van der Waals surface area contributed by atoms with E-state index in [4.69, 9.17) is 0 Å². The van der Waals surface area contributed by atoms with Gasteiger partial charge in [-0.3, -0.25) is 4.79 Å². The van der Waals surface area contributed by atoms with E-state index in [1.807, 2.05) is 13.0 Å².